The third kappa shape index (κ3) is 2.80. The van der Waals surface area contributed by atoms with Crippen LogP contribution in [-0.4, -0.2) is 12.3 Å². The molecule has 2 nitrogen and oxygen atoms in total. The fourth-order valence-electron chi connectivity index (χ4n) is 4.49. The first kappa shape index (κ1) is 16.4. The number of hydrogen-bond donors (Lipinski definition) is 1. The van der Waals surface area contributed by atoms with Crippen LogP contribution < -0.4 is 10.2 Å². The molecule has 1 aliphatic heterocycles. The van der Waals surface area contributed by atoms with Gasteiger partial charge in [0, 0.05) is 23.5 Å². The fourth-order valence-corrected chi connectivity index (χ4v) is 4.49. The van der Waals surface area contributed by atoms with Crippen LogP contribution in [0.1, 0.15) is 55.7 Å². The van der Waals surface area contributed by atoms with E-state index in [0.717, 1.165) is 12.0 Å². The van der Waals surface area contributed by atoms with Crippen molar-refractivity contribution < 1.29 is 4.39 Å². The van der Waals surface area contributed by atoms with E-state index >= 15 is 0 Å². The van der Waals surface area contributed by atoms with Crippen LogP contribution in [0.4, 0.5) is 10.1 Å². The Bertz CT molecular complexity index is 764. The van der Waals surface area contributed by atoms with E-state index in [-0.39, 0.29) is 0 Å². The maximum absolute atomic E-state index is 13.4. The highest BCUT2D eigenvalue weighted by atomic mass is 19.1. The Kier molecular flexibility index (Phi) is 4.18. The van der Waals surface area contributed by atoms with E-state index in [4.69, 9.17) is 0 Å². The van der Waals surface area contributed by atoms with E-state index in [9.17, 15) is 4.39 Å². The summed E-state index contributed by atoms with van der Waals surface area (Å²) < 4.78 is 13.4. The zero-order valence-corrected chi connectivity index (χ0v) is 15.4. The average molecular weight is 338 g/mol. The van der Waals surface area contributed by atoms with Crippen LogP contribution in [0.25, 0.3) is 5.57 Å². The van der Waals surface area contributed by atoms with Crippen molar-refractivity contribution in [1.82, 2.24) is 5.32 Å². The number of nitrogens with one attached hydrogen (secondary N) is 1. The summed E-state index contributed by atoms with van der Waals surface area (Å²) in [5.41, 5.74) is 9.21. The average Bonchev–Trinajstić information content (AvgIpc) is 3.16. The highest BCUT2D eigenvalue weighted by Crippen LogP contribution is 2.41. The minimum atomic E-state index is -0.834. The maximum atomic E-state index is 13.4. The number of rotatable bonds is 3. The van der Waals surface area contributed by atoms with Crippen molar-refractivity contribution in [3.63, 3.8) is 0 Å². The molecular weight excluding hydrogens is 311 g/mol. The molecular formula is C22H27FN2. The van der Waals surface area contributed by atoms with Crippen molar-refractivity contribution in [3.05, 3.63) is 58.4 Å². The summed E-state index contributed by atoms with van der Waals surface area (Å²) in [6.45, 7) is 6.66. The second-order valence-corrected chi connectivity index (χ2v) is 7.45. The topological polar surface area (TPSA) is 15.3 Å². The predicted octanol–water partition coefficient (Wildman–Crippen LogP) is 5.53. The van der Waals surface area contributed by atoms with E-state index in [0.29, 0.717) is 12.6 Å². The fraction of sp³-hybridized carbons (Fsp3) is 0.455. The number of alkyl halides is 1. The Balaban J connectivity index is 1.73. The Morgan fingerprint density at radius 3 is 2.60 bits per heavy atom. The van der Waals surface area contributed by atoms with Gasteiger partial charge in [-0.3, -0.25) is 0 Å². The zero-order valence-electron chi connectivity index (χ0n) is 15.4. The number of anilines is 1. The summed E-state index contributed by atoms with van der Waals surface area (Å²) in [5, 5.41) is 3.73. The second-order valence-electron chi connectivity index (χ2n) is 7.45. The van der Waals surface area contributed by atoms with Gasteiger partial charge in [0.15, 0.2) is 0 Å². The van der Waals surface area contributed by atoms with Crippen molar-refractivity contribution in [2.24, 2.45) is 0 Å². The molecule has 0 saturated heterocycles. The Morgan fingerprint density at radius 1 is 1.20 bits per heavy atom. The lowest BCUT2D eigenvalue weighted by Gasteiger charge is -2.32. The molecule has 132 valence electrons. The van der Waals surface area contributed by atoms with E-state index in [2.05, 4.69) is 43.1 Å². The lowest BCUT2D eigenvalue weighted by molar-refractivity contribution is 0.402. The normalized spacial score (nSPS) is 25.3. The molecule has 4 rings (SSSR count). The van der Waals surface area contributed by atoms with Gasteiger partial charge in [0.1, 0.15) is 12.3 Å². The minimum absolute atomic E-state index is 0.370. The smallest absolute Gasteiger partial charge is 0.122 e. The van der Waals surface area contributed by atoms with Crippen molar-refractivity contribution in [1.29, 1.82) is 0 Å². The molecule has 2 unspecified atom stereocenters. The van der Waals surface area contributed by atoms with Crippen LogP contribution in [0.5, 0.6) is 0 Å². The summed E-state index contributed by atoms with van der Waals surface area (Å²) in [5.74, 6) is 0. The van der Waals surface area contributed by atoms with Gasteiger partial charge < -0.3 is 10.2 Å². The second kappa shape index (κ2) is 6.36. The molecule has 1 aromatic rings. The molecule has 0 saturated carbocycles. The van der Waals surface area contributed by atoms with Gasteiger partial charge in [-0.25, -0.2) is 4.39 Å². The molecule has 1 heterocycles. The van der Waals surface area contributed by atoms with Crippen LogP contribution in [0.3, 0.4) is 0 Å². The predicted molar refractivity (Wildman–Crippen MR) is 103 cm³/mol. The molecule has 0 fully saturated rings. The molecule has 3 aliphatic rings. The molecule has 1 aromatic carbocycles. The van der Waals surface area contributed by atoms with Crippen LogP contribution >= 0.6 is 0 Å². The highest BCUT2D eigenvalue weighted by molar-refractivity contribution is 5.79. The maximum Gasteiger partial charge on any atom is 0.122 e. The van der Waals surface area contributed by atoms with Gasteiger partial charge in [-0.2, -0.15) is 0 Å². The number of nitrogens with zero attached hydrogens (tertiary/aromatic N) is 1. The number of benzene rings is 1. The SMILES string of the molecule is CCC1NC2=C(CCC2)N1c1c(C)cc(C2=CCC(F)C=C2)cc1C. The van der Waals surface area contributed by atoms with Gasteiger partial charge in [-0.05, 0) is 80.0 Å². The first-order valence-electron chi connectivity index (χ1n) is 9.50. The molecule has 1 N–H and O–H groups in total. The number of aryl methyl sites for hydroxylation is 2. The van der Waals surface area contributed by atoms with Crippen molar-refractivity contribution >= 4 is 11.3 Å². The van der Waals surface area contributed by atoms with Crippen LogP contribution in [0.15, 0.2) is 41.8 Å². The summed E-state index contributed by atoms with van der Waals surface area (Å²) in [7, 11) is 0. The molecule has 0 radical (unpaired) electrons. The van der Waals surface area contributed by atoms with Gasteiger partial charge in [0.2, 0.25) is 0 Å². The third-order valence-electron chi connectivity index (χ3n) is 5.63. The first-order valence-corrected chi connectivity index (χ1v) is 9.50. The summed E-state index contributed by atoms with van der Waals surface area (Å²) in [4.78, 5) is 2.54. The minimum Gasteiger partial charge on any atom is -0.367 e. The lowest BCUT2D eigenvalue weighted by atomic mass is 9.94. The molecule has 25 heavy (non-hydrogen) atoms. The van der Waals surface area contributed by atoms with Crippen molar-refractivity contribution in [2.75, 3.05) is 4.90 Å². The molecule has 0 spiro atoms. The first-order chi connectivity index (χ1) is 12.1. The van der Waals surface area contributed by atoms with Gasteiger partial charge in [0.05, 0.1) is 0 Å². The monoisotopic (exact) mass is 338 g/mol. The molecule has 0 amide bonds. The summed E-state index contributed by atoms with van der Waals surface area (Å²) >= 11 is 0. The van der Waals surface area contributed by atoms with Gasteiger partial charge >= 0.3 is 0 Å². The van der Waals surface area contributed by atoms with Gasteiger partial charge in [-0.15, -0.1) is 0 Å². The number of allylic oxidation sites excluding steroid dienone is 6. The summed E-state index contributed by atoms with van der Waals surface area (Å²) in [6.07, 6.45) is 10.3. The van der Waals surface area contributed by atoms with Crippen molar-refractivity contribution in [2.45, 2.75) is 65.2 Å². The zero-order chi connectivity index (χ0) is 17.6. The Morgan fingerprint density at radius 2 is 1.96 bits per heavy atom. The van der Waals surface area contributed by atoms with Crippen LogP contribution in [-0.2, 0) is 0 Å². The molecule has 0 aromatic heterocycles. The molecule has 0 bridgehead atoms. The Labute approximate surface area is 150 Å². The molecule has 3 heteroatoms. The van der Waals surface area contributed by atoms with E-state index < -0.39 is 6.17 Å². The third-order valence-corrected chi connectivity index (χ3v) is 5.63. The lowest BCUT2D eigenvalue weighted by Crippen LogP contribution is -2.38. The number of halogens is 1. The standard InChI is InChI=1S/C22H27FN2/c1-4-21-24-19-6-5-7-20(19)25(21)22-14(2)12-17(13-15(22)3)16-8-10-18(23)11-9-16/h8-10,12-13,18,21,24H,4-7,11H2,1-3H3. The van der Waals surface area contributed by atoms with E-state index in [1.807, 2.05) is 12.2 Å². The van der Waals surface area contributed by atoms with Crippen LogP contribution in [0.2, 0.25) is 0 Å². The van der Waals surface area contributed by atoms with Crippen molar-refractivity contribution in [3.8, 4) is 0 Å². The quantitative estimate of drug-likeness (QED) is 0.780. The Hall–Kier alpha value is -2.03. The van der Waals surface area contributed by atoms with Crippen LogP contribution in [0, 0.1) is 13.8 Å². The van der Waals surface area contributed by atoms with E-state index in [1.54, 1.807) is 6.08 Å². The summed E-state index contributed by atoms with van der Waals surface area (Å²) in [6, 6.07) is 4.52. The number of hydrogen-bond acceptors (Lipinski definition) is 2. The van der Waals surface area contributed by atoms with E-state index in [1.165, 1.54) is 53.0 Å². The van der Waals surface area contributed by atoms with Gasteiger partial charge in [-0.1, -0.05) is 19.1 Å². The molecule has 2 atom stereocenters. The highest BCUT2D eigenvalue weighted by Gasteiger charge is 2.34. The molecule has 2 aliphatic carbocycles. The largest absolute Gasteiger partial charge is 0.367 e. The van der Waals surface area contributed by atoms with Gasteiger partial charge in [0.25, 0.3) is 0 Å².